The molecule has 0 bridgehead atoms. The molecule has 0 spiro atoms. The minimum atomic E-state index is 0.399. The highest BCUT2D eigenvalue weighted by Gasteiger charge is 2.30. The Labute approximate surface area is 104 Å². The second kappa shape index (κ2) is 5.54. The van der Waals surface area contributed by atoms with Gasteiger partial charge in [-0.2, -0.15) is 0 Å². The molecule has 1 aliphatic carbocycles. The summed E-state index contributed by atoms with van der Waals surface area (Å²) in [6.07, 6.45) is 4.02. The normalized spacial score (nSPS) is 18.8. The lowest BCUT2D eigenvalue weighted by molar-refractivity contribution is 0.398. The standard InChI is InChI=1S/C15H23NO/c1-4-15(12-8-9-12)16-11(2)13-6-5-7-14(10-13)17-3/h5-7,10-12,15-16H,4,8-9H2,1-3H3/t11-,15?/m0/s1. The molecular weight excluding hydrogens is 210 g/mol. The Hall–Kier alpha value is -1.02. The lowest BCUT2D eigenvalue weighted by Crippen LogP contribution is -2.32. The molecule has 0 amide bonds. The first-order valence-electron chi connectivity index (χ1n) is 6.64. The predicted molar refractivity (Wildman–Crippen MR) is 71.3 cm³/mol. The van der Waals surface area contributed by atoms with E-state index in [-0.39, 0.29) is 0 Å². The summed E-state index contributed by atoms with van der Waals surface area (Å²) in [6, 6.07) is 9.42. The van der Waals surface area contributed by atoms with E-state index >= 15 is 0 Å². The molecule has 0 aliphatic heterocycles. The van der Waals surface area contributed by atoms with Crippen molar-refractivity contribution >= 4 is 0 Å². The van der Waals surface area contributed by atoms with Gasteiger partial charge in [-0.25, -0.2) is 0 Å². The fourth-order valence-corrected chi connectivity index (χ4v) is 2.41. The van der Waals surface area contributed by atoms with E-state index in [4.69, 9.17) is 4.74 Å². The summed E-state index contributed by atoms with van der Waals surface area (Å²) in [7, 11) is 1.72. The van der Waals surface area contributed by atoms with Gasteiger partial charge in [-0.1, -0.05) is 19.1 Å². The second-order valence-electron chi connectivity index (χ2n) is 5.02. The maximum Gasteiger partial charge on any atom is 0.119 e. The highest BCUT2D eigenvalue weighted by Crippen LogP contribution is 2.35. The van der Waals surface area contributed by atoms with Gasteiger partial charge in [0.2, 0.25) is 0 Å². The van der Waals surface area contributed by atoms with Gasteiger partial charge >= 0.3 is 0 Å². The number of benzene rings is 1. The van der Waals surface area contributed by atoms with Crippen LogP contribution >= 0.6 is 0 Å². The molecular formula is C15H23NO. The number of nitrogens with one attached hydrogen (secondary N) is 1. The van der Waals surface area contributed by atoms with Gasteiger partial charge in [-0.3, -0.25) is 0 Å². The molecule has 1 fully saturated rings. The molecule has 1 unspecified atom stereocenters. The van der Waals surface area contributed by atoms with E-state index in [9.17, 15) is 0 Å². The van der Waals surface area contributed by atoms with E-state index in [1.54, 1.807) is 7.11 Å². The van der Waals surface area contributed by atoms with E-state index in [1.165, 1.54) is 24.8 Å². The lowest BCUT2D eigenvalue weighted by Gasteiger charge is -2.22. The zero-order chi connectivity index (χ0) is 12.3. The van der Waals surface area contributed by atoms with Crippen LogP contribution in [0.15, 0.2) is 24.3 Å². The van der Waals surface area contributed by atoms with Crippen molar-refractivity contribution < 1.29 is 4.74 Å². The van der Waals surface area contributed by atoms with Crippen LogP contribution in [0, 0.1) is 5.92 Å². The van der Waals surface area contributed by atoms with Crippen molar-refractivity contribution in [2.24, 2.45) is 5.92 Å². The number of rotatable bonds is 6. The number of hydrogen-bond donors (Lipinski definition) is 1. The maximum absolute atomic E-state index is 5.27. The van der Waals surface area contributed by atoms with Crippen LogP contribution in [0.1, 0.15) is 44.7 Å². The zero-order valence-electron chi connectivity index (χ0n) is 11.1. The summed E-state index contributed by atoms with van der Waals surface area (Å²) in [4.78, 5) is 0. The monoisotopic (exact) mass is 233 g/mol. The van der Waals surface area contributed by atoms with Crippen molar-refractivity contribution in [1.29, 1.82) is 0 Å². The van der Waals surface area contributed by atoms with Crippen LogP contribution in [-0.4, -0.2) is 13.2 Å². The van der Waals surface area contributed by atoms with Gasteiger partial charge in [-0.15, -0.1) is 0 Å². The third kappa shape index (κ3) is 3.22. The Morgan fingerprint density at radius 1 is 1.41 bits per heavy atom. The fraction of sp³-hybridized carbons (Fsp3) is 0.600. The number of ether oxygens (including phenoxy) is 1. The number of hydrogen-bond acceptors (Lipinski definition) is 2. The van der Waals surface area contributed by atoms with Crippen LogP contribution in [0.25, 0.3) is 0 Å². The van der Waals surface area contributed by atoms with Crippen LogP contribution in [0.2, 0.25) is 0 Å². The Kier molecular flexibility index (Phi) is 4.06. The third-order valence-corrected chi connectivity index (χ3v) is 3.69. The summed E-state index contributed by atoms with van der Waals surface area (Å²) < 4.78 is 5.27. The molecule has 2 atom stereocenters. The summed E-state index contributed by atoms with van der Waals surface area (Å²) >= 11 is 0. The molecule has 2 nitrogen and oxygen atoms in total. The van der Waals surface area contributed by atoms with Gasteiger partial charge in [0.15, 0.2) is 0 Å². The molecule has 0 aromatic heterocycles. The molecule has 1 aliphatic rings. The van der Waals surface area contributed by atoms with Gasteiger partial charge in [0, 0.05) is 12.1 Å². The molecule has 0 saturated heterocycles. The first-order chi connectivity index (χ1) is 8.24. The van der Waals surface area contributed by atoms with Crippen LogP contribution < -0.4 is 10.1 Å². The first kappa shape index (κ1) is 12.4. The van der Waals surface area contributed by atoms with Crippen LogP contribution in [0.5, 0.6) is 5.75 Å². The van der Waals surface area contributed by atoms with E-state index < -0.39 is 0 Å². The van der Waals surface area contributed by atoms with E-state index in [1.807, 2.05) is 6.07 Å². The topological polar surface area (TPSA) is 21.3 Å². The smallest absolute Gasteiger partial charge is 0.119 e. The summed E-state index contributed by atoms with van der Waals surface area (Å²) in [6.45, 7) is 4.51. The van der Waals surface area contributed by atoms with Crippen molar-refractivity contribution in [3.05, 3.63) is 29.8 Å². The Morgan fingerprint density at radius 2 is 2.18 bits per heavy atom. The predicted octanol–water partition coefficient (Wildman–Crippen LogP) is 3.53. The summed E-state index contributed by atoms with van der Waals surface area (Å²) in [5.41, 5.74) is 1.31. The number of methoxy groups -OCH3 is 1. The summed E-state index contributed by atoms with van der Waals surface area (Å²) in [5, 5.41) is 3.74. The highest BCUT2D eigenvalue weighted by molar-refractivity contribution is 5.30. The van der Waals surface area contributed by atoms with Crippen LogP contribution in [0.4, 0.5) is 0 Å². The molecule has 2 heteroatoms. The van der Waals surface area contributed by atoms with Crippen molar-refractivity contribution in [2.45, 2.75) is 45.2 Å². The maximum atomic E-state index is 5.27. The molecule has 2 rings (SSSR count). The molecule has 94 valence electrons. The highest BCUT2D eigenvalue weighted by atomic mass is 16.5. The molecule has 1 aromatic carbocycles. The van der Waals surface area contributed by atoms with Crippen molar-refractivity contribution in [3.8, 4) is 5.75 Å². The quantitative estimate of drug-likeness (QED) is 0.811. The van der Waals surface area contributed by atoms with Crippen LogP contribution in [-0.2, 0) is 0 Å². The average molecular weight is 233 g/mol. The van der Waals surface area contributed by atoms with Gasteiger partial charge in [0.1, 0.15) is 5.75 Å². The van der Waals surface area contributed by atoms with Gasteiger partial charge in [0.05, 0.1) is 7.11 Å². The molecule has 0 heterocycles. The average Bonchev–Trinajstić information content (AvgIpc) is 3.20. The van der Waals surface area contributed by atoms with Crippen molar-refractivity contribution in [1.82, 2.24) is 5.32 Å². The molecule has 1 saturated carbocycles. The molecule has 0 radical (unpaired) electrons. The first-order valence-corrected chi connectivity index (χ1v) is 6.64. The zero-order valence-corrected chi connectivity index (χ0v) is 11.1. The largest absolute Gasteiger partial charge is 0.497 e. The fourth-order valence-electron chi connectivity index (χ4n) is 2.41. The van der Waals surface area contributed by atoms with Crippen LogP contribution in [0.3, 0.4) is 0 Å². The van der Waals surface area contributed by atoms with Gasteiger partial charge in [0.25, 0.3) is 0 Å². The Morgan fingerprint density at radius 3 is 2.76 bits per heavy atom. The van der Waals surface area contributed by atoms with E-state index in [2.05, 4.69) is 37.4 Å². The second-order valence-corrected chi connectivity index (χ2v) is 5.02. The third-order valence-electron chi connectivity index (χ3n) is 3.69. The van der Waals surface area contributed by atoms with Crippen molar-refractivity contribution in [2.75, 3.05) is 7.11 Å². The molecule has 17 heavy (non-hydrogen) atoms. The molecule has 1 N–H and O–H groups in total. The Balaban J connectivity index is 1.99. The SMILES string of the molecule is CCC(N[C@@H](C)c1cccc(OC)c1)C1CC1. The lowest BCUT2D eigenvalue weighted by atomic mass is 10.0. The molecule has 1 aromatic rings. The summed E-state index contributed by atoms with van der Waals surface area (Å²) in [5.74, 6) is 1.85. The minimum absolute atomic E-state index is 0.399. The van der Waals surface area contributed by atoms with Gasteiger partial charge in [-0.05, 0) is 49.8 Å². The van der Waals surface area contributed by atoms with Crippen molar-refractivity contribution in [3.63, 3.8) is 0 Å². The van der Waals surface area contributed by atoms with E-state index in [0.717, 1.165) is 11.7 Å². The minimum Gasteiger partial charge on any atom is -0.497 e. The van der Waals surface area contributed by atoms with E-state index in [0.29, 0.717) is 12.1 Å². The van der Waals surface area contributed by atoms with Gasteiger partial charge < -0.3 is 10.1 Å². The Bertz CT molecular complexity index is 360.